The van der Waals surface area contributed by atoms with Crippen LogP contribution in [0.5, 0.6) is 5.75 Å². The zero-order chi connectivity index (χ0) is 13.9. The molecular weight excluding hydrogens is 268 g/mol. The van der Waals surface area contributed by atoms with E-state index in [1.165, 1.54) is 16.1 Å². The highest BCUT2D eigenvalue weighted by molar-refractivity contribution is 7.09. The largest absolute Gasteiger partial charge is 0.493 e. The van der Waals surface area contributed by atoms with Gasteiger partial charge in [-0.25, -0.2) is 4.98 Å². The zero-order valence-electron chi connectivity index (χ0n) is 11.9. The van der Waals surface area contributed by atoms with E-state index in [1.54, 1.807) is 11.3 Å². The van der Waals surface area contributed by atoms with E-state index in [2.05, 4.69) is 42.3 Å². The summed E-state index contributed by atoms with van der Waals surface area (Å²) in [5.41, 5.74) is 2.67. The molecule has 0 saturated heterocycles. The highest BCUT2D eigenvalue weighted by atomic mass is 32.1. The van der Waals surface area contributed by atoms with Gasteiger partial charge in [0, 0.05) is 36.5 Å². The van der Waals surface area contributed by atoms with Crippen LogP contribution < -0.4 is 10.1 Å². The molecule has 20 heavy (non-hydrogen) atoms. The number of rotatable bonds is 5. The Kier molecular flexibility index (Phi) is 4.03. The van der Waals surface area contributed by atoms with Gasteiger partial charge in [-0.3, -0.25) is 0 Å². The number of thiazole rings is 1. The van der Waals surface area contributed by atoms with Gasteiger partial charge in [0.1, 0.15) is 5.75 Å². The highest BCUT2D eigenvalue weighted by Gasteiger charge is 2.15. The summed E-state index contributed by atoms with van der Waals surface area (Å²) in [5, 5.41) is 6.84. The Morgan fingerprint density at radius 1 is 1.40 bits per heavy atom. The second-order valence-corrected chi connectivity index (χ2v) is 6.29. The maximum Gasteiger partial charge on any atom is 0.122 e. The summed E-state index contributed by atoms with van der Waals surface area (Å²) in [5.74, 6) is 1.51. The van der Waals surface area contributed by atoms with E-state index < -0.39 is 0 Å². The maximum absolute atomic E-state index is 5.55. The highest BCUT2D eigenvalue weighted by Crippen LogP contribution is 2.28. The van der Waals surface area contributed by atoms with Crippen molar-refractivity contribution in [2.24, 2.45) is 0 Å². The molecule has 4 heteroatoms. The topological polar surface area (TPSA) is 34.1 Å². The number of aromatic nitrogens is 1. The summed E-state index contributed by atoms with van der Waals surface area (Å²) in [6, 6.07) is 6.88. The Morgan fingerprint density at radius 3 is 3.10 bits per heavy atom. The Labute approximate surface area is 124 Å². The van der Waals surface area contributed by atoms with Crippen LogP contribution >= 0.6 is 11.3 Å². The number of hydrogen-bond acceptors (Lipinski definition) is 4. The Morgan fingerprint density at radius 2 is 2.30 bits per heavy atom. The number of hydrogen-bond donors (Lipinski definition) is 1. The fourth-order valence-electron chi connectivity index (χ4n) is 2.51. The number of nitrogens with zero attached hydrogens (tertiary/aromatic N) is 1. The maximum atomic E-state index is 5.55. The Bertz CT molecular complexity index is 568. The lowest BCUT2D eigenvalue weighted by molar-refractivity contribution is 0.356. The summed E-state index contributed by atoms with van der Waals surface area (Å²) in [7, 11) is 0. The average Bonchev–Trinajstić information content (AvgIpc) is 3.13. The lowest BCUT2D eigenvalue weighted by atomic mass is 10.0. The number of benzene rings is 1. The van der Waals surface area contributed by atoms with Gasteiger partial charge in [-0.2, -0.15) is 0 Å². The standard InChI is InChI=1S/C16H20N2OS/c1-11(16-17-6-8-20-16)10-18-12(2)13-3-4-15-14(9-13)5-7-19-15/h3-4,6,8-9,11-12,18H,5,7,10H2,1-2H3. The predicted molar refractivity (Wildman–Crippen MR) is 82.6 cm³/mol. The fraction of sp³-hybridized carbons (Fsp3) is 0.438. The normalized spacial score (nSPS) is 16.5. The molecule has 106 valence electrons. The Hall–Kier alpha value is -1.39. The van der Waals surface area contributed by atoms with Crippen molar-refractivity contribution in [2.75, 3.05) is 13.2 Å². The van der Waals surface area contributed by atoms with Crippen LogP contribution in [0.25, 0.3) is 0 Å². The molecule has 3 nitrogen and oxygen atoms in total. The minimum absolute atomic E-state index is 0.350. The number of fused-ring (bicyclic) bond motifs is 1. The van der Waals surface area contributed by atoms with Crippen molar-refractivity contribution in [3.8, 4) is 5.75 Å². The lowest BCUT2D eigenvalue weighted by Crippen LogP contribution is -2.23. The number of nitrogens with one attached hydrogen (secondary N) is 1. The molecule has 0 fully saturated rings. The van der Waals surface area contributed by atoms with Crippen LogP contribution in [0.15, 0.2) is 29.8 Å². The van der Waals surface area contributed by atoms with Crippen molar-refractivity contribution in [1.29, 1.82) is 0 Å². The van der Waals surface area contributed by atoms with E-state index in [4.69, 9.17) is 4.74 Å². The van der Waals surface area contributed by atoms with Crippen molar-refractivity contribution in [1.82, 2.24) is 10.3 Å². The van der Waals surface area contributed by atoms with E-state index in [9.17, 15) is 0 Å². The van der Waals surface area contributed by atoms with Crippen LogP contribution in [0.4, 0.5) is 0 Å². The summed E-state index contributed by atoms with van der Waals surface area (Å²) in [4.78, 5) is 4.38. The molecule has 0 spiro atoms. The van der Waals surface area contributed by atoms with E-state index in [0.29, 0.717) is 12.0 Å². The monoisotopic (exact) mass is 288 g/mol. The van der Waals surface area contributed by atoms with Crippen LogP contribution in [0.3, 0.4) is 0 Å². The van der Waals surface area contributed by atoms with Crippen molar-refractivity contribution >= 4 is 11.3 Å². The molecule has 0 aliphatic carbocycles. The minimum atomic E-state index is 0.350. The van der Waals surface area contributed by atoms with E-state index >= 15 is 0 Å². The molecule has 2 aromatic rings. The van der Waals surface area contributed by atoms with Gasteiger partial charge in [0.05, 0.1) is 11.6 Å². The van der Waals surface area contributed by atoms with Gasteiger partial charge >= 0.3 is 0 Å². The fourth-order valence-corrected chi connectivity index (χ4v) is 3.21. The lowest BCUT2D eigenvalue weighted by Gasteiger charge is -2.17. The second kappa shape index (κ2) is 5.94. The molecule has 0 radical (unpaired) electrons. The first-order chi connectivity index (χ1) is 9.74. The Balaban J connectivity index is 1.60. The van der Waals surface area contributed by atoms with Crippen molar-refractivity contribution < 1.29 is 4.74 Å². The predicted octanol–water partition coefficient (Wildman–Crippen LogP) is 3.53. The third-order valence-corrected chi connectivity index (χ3v) is 4.82. The molecule has 0 saturated carbocycles. The molecule has 1 aliphatic rings. The second-order valence-electron chi connectivity index (χ2n) is 5.37. The third-order valence-electron chi connectivity index (χ3n) is 3.82. The van der Waals surface area contributed by atoms with Gasteiger partial charge in [0.2, 0.25) is 0 Å². The summed E-state index contributed by atoms with van der Waals surface area (Å²) >= 11 is 1.73. The van der Waals surface area contributed by atoms with Gasteiger partial charge < -0.3 is 10.1 Å². The molecule has 2 unspecified atom stereocenters. The van der Waals surface area contributed by atoms with E-state index in [-0.39, 0.29) is 0 Å². The quantitative estimate of drug-likeness (QED) is 0.914. The van der Waals surface area contributed by atoms with Gasteiger partial charge in [-0.15, -0.1) is 11.3 Å². The van der Waals surface area contributed by atoms with Gasteiger partial charge in [0.15, 0.2) is 0 Å². The molecule has 0 amide bonds. The molecule has 2 heterocycles. The van der Waals surface area contributed by atoms with Gasteiger partial charge in [-0.05, 0) is 24.1 Å². The summed E-state index contributed by atoms with van der Waals surface area (Å²) in [6.07, 6.45) is 2.91. The van der Waals surface area contributed by atoms with Gasteiger partial charge in [0.25, 0.3) is 0 Å². The average molecular weight is 288 g/mol. The van der Waals surface area contributed by atoms with Crippen molar-refractivity contribution in [3.63, 3.8) is 0 Å². The smallest absolute Gasteiger partial charge is 0.122 e. The molecule has 1 N–H and O–H groups in total. The summed E-state index contributed by atoms with van der Waals surface area (Å²) < 4.78 is 5.55. The SMILES string of the molecule is CC(CNC(C)c1ccc2c(c1)CCO2)c1nccs1. The minimum Gasteiger partial charge on any atom is -0.493 e. The molecule has 3 rings (SSSR count). The molecule has 0 bridgehead atoms. The molecule has 1 aromatic heterocycles. The first kappa shape index (κ1) is 13.6. The first-order valence-electron chi connectivity index (χ1n) is 7.12. The van der Waals surface area contributed by atoms with Crippen LogP contribution in [0.2, 0.25) is 0 Å². The molecule has 1 aromatic carbocycles. The zero-order valence-corrected chi connectivity index (χ0v) is 12.7. The van der Waals surface area contributed by atoms with Crippen LogP contribution in [-0.4, -0.2) is 18.1 Å². The van der Waals surface area contributed by atoms with E-state index in [0.717, 1.165) is 25.3 Å². The third kappa shape index (κ3) is 2.86. The van der Waals surface area contributed by atoms with Crippen LogP contribution in [0.1, 0.15) is 41.9 Å². The van der Waals surface area contributed by atoms with Crippen molar-refractivity contribution in [3.05, 3.63) is 45.9 Å². The van der Waals surface area contributed by atoms with Crippen LogP contribution in [-0.2, 0) is 6.42 Å². The van der Waals surface area contributed by atoms with E-state index in [1.807, 2.05) is 11.6 Å². The molecule has 2 atom stereocenters. The number of ether oxygens (including phenoxy) is 1. The first-order valence-corrected chi connectivity index (χ1v) is 8.00. The molecular formula is C16H20N2OS. The summed E-state index contributed by atoms with van der Waals surface area (Å²) in [6.45, 7) is 6.20. The van der Waals surface area contributed by atoms with Crippen LogP contribution in [0, 0.1) is 0 Å². The van der Waals surface area contributed by atoms with Crippen molar-refractivity contribution in [2.45, 2.75) is 32.2 Å². The molecule has 1 aliphatic heterocycles. The van der Waals surface area contributed by atoms with Gasteiger partial charge in [-0.1, -0.05) is 19.1 Å².